The molecule has 0 saturated carbocycles. The van der Waals surface area contributed by atoms with Crippen LogP contribution in [0.3, 0.4) is 0 Å². The minimum atomic E-state index is -0.400. The number of nitro benzene ring substituents is 1. The van der Waals surface area contributed by atoms with E-state index in [4.69, 9.17) is 4.74 Å². The van der Waals surface area contributed by atoms with Crippen LogP contribution in [-0.4, -0.2) is 42.1 Å². The van der Waals surface area contributed by atoms with Gasteiger partial charge in [-0.1, -0.05) is 28.1 Å². The average molecular weight is 475 g/mol. The van der Waals surface area contributed by atoms with Gasteiger partial charge in [-0.25, -0.2) is 5.43 Å². The van der Waals surface area contributed by atoms with Crippen molar-refractivity contribution in [1.29, 1.82) is 0 Å². The summed E-state index contributed by atoms with van der Waals surface area (Å²) in [5.41, 5.74) is 4.52. The highest BCUT2D eigenvalue weighted by molar-refractivity contribution is 9.10. The fourth-order valence-electron chi connectivity index (χ4n) is 3.40. The number of rotatable bonds is 7. The zero-order valence-electron chi connectivity index (χ0n) is 16.6. The number of nitrogens with one attached hydrogen (secondary N) is 1. The zero-order valence-corrected chi connectivity index (χ0v) is 18.2. The topological polar surface area (TPSA) is 97.1 Å². The van der Waals surface area contributed by atoms with Crippen LogP contribution in [0.2, 0.25) is 0 Å². The van der Waals surface area contributed by atoms with Crippen molar-refractivity contribution in [2.45, 2.75) is 19.4 Å². The van der Waals surface area contributed by atoms with Gasteiger partial charge in [0.15, 0.2) is 0 Å². The largest absolute Gasteiger partial charge is 0.496 e. The molecule has 0 spiro atoms. The predicted molar refractivity (Wildman–Crippen MR) is 118 cm³/mol. The van der Waals surface area contributed by atoms with E-state index in [1.807, 2.05) is 18.2 Å². The summed E-state index contributed by atoms with van der Waals surface area (Å²) in [6.07, 6.45) is 3.06. The van der Waals surface area contributed by atoms with Gasteiger partial charge >= 0.3 is 0 Å². The summed E-state index contributed by atoms with van der Waals surface area (Å²) in [4.78, 5) is 25.0. The van der Waals surface area contributed by atoms with Gasteiger partial charge in [-0.15, -0.1) is 0 Å². The van der Waals surface area contributed by atoms with Crippen LogP contribution in [0.5, 0.6) is 5.75 Å². The van der Waals surface area contributed by atoms with E-state index in [0.29, 0.717) is 12.3 Å². The number of hydrogen-bond acceptors (Lipinski definition) is 6. The number of methoxy groups -OCH3 is 1. The number of ether oxygens (including phenoxy) is 1. The van der Waals surface area contributed by atoms with Crippen molar-refractivity contribution >= 4 is 33.7 Å². The van der Waals surface area contributed by atoms with Gasteiger partial charge in [0.05, 0.1) is 18.2 Å². The van der Waals surface area contributed by atoms with Gasteiger partial charge in [-0.3, -0.25) is 19.8 Å². The van der Waals surface area contributed by atoms with Crippen LogP contribution in [0.15, 0.2) is 52.0 Å². The third-order valence-corrected chi connectivity index (χ3v) is 5.58. The Kier molecular flexibility index (Phi) is 7.53. The highest BCUT2D eigenvalue weighted by Crippen LogP contribution is 2.22. The first-order valence-corrected chi connectivity index (χ1v) is 10.4. The summed E-state index contributed by atoms with van der Waals surface area (Å²) in [5, 5.41) is 14.8. The summed E-state index contributed by atoms with van der Waals surface area (Å²) < 4.78 is 6.19. The average Bonchev–Trinajstić information content (AvgIpc) is 2.75. The van der Waals surface area contributed by atoms with Crippen molar-refractivity contribution in [3.63, 3.8) is 0 Å². The molecular formula is C21H23BrN4O4. The predicted octanol–water partition coefficient (Wildman–Crippen LogP) is 3.73. The minimum absolute atomic E-state index is 0.0836. The Morgan fingerprint density at radius 2 is 2.00 bits per heavy atom. The maximum absolute atomic E-state index is 12.4. The molecule has 1 N–H and O–H groups in total. The fourth-order valence-corrected chi connectivity index (χ4v) is 3.78. The Labute approximate surface area is 183 Å². The number of carbonyl (C=O) groups excluding carboxylic acids is 1. The van der Waals surface area contributed by atoms with E-state index in [9.17, 15) is 14.9 Å². The smallest absolute Gasteiger partial charge is 0.269 e. The third kappa shape index (κ3) is 5.87. The minimum Gasteiger partial charge on any atom is -0.496 e. The van der Waals surface area contributed by atoms with Gasteiger partial charge in [0.2, 0.25) is 5.91 Å². The van der Waals surface area contributed by atoms with E-state index in [-0.39, 0.29) is 17.5 Å². The maximum Gasteiger partial charge on any atom is 0.269 e. The third-order valence-electron chi connectivity index (χ3n) is 5.08. The molecule has 158 valence electrons. The molecule has 0 aromatic heterocycles. The molecular weight excluding hydrogens is 452 g/mol. The number of carbonyl (C=O) groups is 1. The quantitative estimate of drug-likeness (QED) is 0.374. The summed E-state index contributed by atoms with van der Waals surface area (Å²) >= 11 is 3.41. The van der Waals surface area contributed by atoms with E-state index >= 15 is 0 Å². The molecule has 8 nitrogen and oxygen atoms in total. The summed E-state index contributed by atoms with van der Waals surface area (Å²) in [7, 11) is 1.59. The monoisotopic (exact) mass is 474 g/mol. The zero-order chi connectivity index (χ0) is 21.5. The summed E-state index contributed by atoms with van der Waals surface area (Å²) in [5.74, 6) is 0.505. The standard InChI is InChI=1S/C21H23BrN4O4/c1-30-20-7-4-18(22)12-17(20)13-23-24-21(27)16-8-10-25(11-9-16)14-15-2-5-19(6-3-15)26(28)29/h2-7,12-13,16H,8-11,14H2,1H3,(H,24,27). The molecule has 2 aromatic rings. The first-order valence-electron chi connectivity index (χ1n) is 9.58. The van der Waals surface area contributed by atoms with Crippen LogP contribution in [-0.2, 0) is 11.3 Å². The number of piperidine rings is 1. The van der Waals surface area contributed by atoms with Crippen LogP contribution >= 0.6 is 15.9 Å². The molecule has 1 aliphatic rings. The van der Waals surface area contributed by atoms with Crippen LogP contribution in [0.25, 0.3) is 0 Å². The van der Waals surface area contributed by atoms with Gasteiger partial charge in [0.25, 0.3) is 5.69 Å². The van der Waals surface area contributed by atoms with E-state index < -0.39 is 4.92 Å². The Morgan fingerprint density at radius 1 is 1.30 bits per heavy atom. The molecule has 2 aromatic carbocycles. The van der Waals surface area contributed by atoms with Gasteiger partial charge in [0.1, 0.15) is 5.75 Å². The molecule has 9 heteroatoms. The first-order chi connectivity index (χ1) is 14.5. The number of hydrazone groups is 1. The number of non-ortho nitro benzene ring substituents is 1. The Bertz CT molecular complexity index is 925. The molecule has 0 aliphatic carbocycles. The number of hydrogen-bond donors (Lipinski definition) is 1. The van der Waals surface area contributed by atoms with E-state index in [2.05, 4.69) is 31.4 Å². The molecule has 3 rings (SSSR count). The van der Waals surface area contributed by atoms with Crippen molar-refractivity contribution < 1.29 is 14.5 Å². The highest BCUT2D eigenvalue weighted by atomic mass is 79.9. The van der Waals surface area contributed by atoms with Crippen molar-refractivity contribution in [1.82, 2.24) is 10.3 Å². The molecule has 1 saturated heterocycles. The van der Waals surface area contributed by atoms with Crippen molar-refractivity contribution in [2.24, 2.45) is 11.0 Å². The number of amides is 1. The number of benzene rings is 2. The second kappa shape index (κ2) is 10.3. The molecule has 0 unspecified atom stereocenters. The molecule has 1 heterocycles. The second-order valence-corrected chi connectivity index (χ2v) is 8.01. The Balaban J connectivity index is 1.47. The molecule has 1 fully saturated rings. The van der Waals surface area contributed by atoms with E-state index in [1.165, 1.54) is 12.1 Å². The number of nitrogens with zero attached hydrogens (tertiary/aromatic N) is 3. The Morgan fingerprint density at radius 3 is 2.63 bits per heavy atom. The van der Waals surface area contributed by atoms with Gasteiger partial charge < -0.3 is 4.74 Å². The lowest BCUT2D eigenvalue weighted by Gasteiger charge is -2.30. The molecule has 0 atom stereocenters. The van der Waals surface area contributed by atoms with Crippen LogP contribution < -0.4 is 10.2 Å². The normalized spacial score (nSPS) is 15.3. The number of likely N-dealkylation sites (tertiary alicyclic amines) is 1. The van der Waals surface area contributed by atoms with Gasteiger partial charge in [-0.2, -0.15) is 5.10 Å². The van der Waals surface area contributed by atoms with Crippen LogP contribution in [0.1, 0.15) is 24.0 Å². The van der Waals surface area contributed by atoms with Crippen molar-refractivity contribution in [3.05, 3.63) is 68.2 Å². The molecule has 0 radical (unpaired) electrons. The van der Waals surface area contributed by atoms with Crippen LogP contribution in [0.4, 0.5) is 5.69 Å². The highest BCUT2D eigenvalue weighted by Gasteiger charge is 2.24. The molecule has 1 aliphatic heterocycles. The molecule has 30 heavy (non-hydrogen) atoms. The number of nitro groups is 1. The lowest BCUT2D eigenvalue weighted by atomic mass is 9.96. The SMILES string of the molecule is COc1ccc(Br)cc1C=NNC(=O)C1CCN(Cc2ccc([N+](=O)[O-])cc2)CC1. The summed E-state index contributed by atoms with van der Waals surface area (Å²) in [6, 6.07) is 12.2. The molecule has 0 bridgehead atoms. The number of halogens is 1. The van der Waals surface area contributed by atoms with Crippen LogP contribution in [0, 0.1) is 16.0 Å². The van der Waals surface area contributed by atoms with E-state index in [0.717, 1.165) is 41.5 Å². The molecule has 1 amide bonds. The maximum atomic E-state index is 12.4. The van der Waals surface area contributed by atoms with Gasteiger partial charge in [0, 0.05) is 34.6 Å². The van der Waals surface area contributed by atoms with Gasteiger partial charge in [-0.05, 0) is 49.7 Å². The lowest BCUT2D eigenvalue weighted by molar-refractivity contribution is -0.384. The second-order valence-electron chi connectivity index (χ2n) is 7.09. The lowest BCUT2D eigenvalue weighted by Crippen LogP contribution is -2.39. The first kappa shape index (κ1) is 21.9. The van der Waals surface area contributed by atoms with E-state index in [1.54, 1.807) is 25.5 Å². The summed E-state index contributed by atoms with van der Waals surface area (Å²) in [6.45, 7) is 2.30. The Hall–Kier alpha value is -2.78. The van der Waals surface area contributed by atoms with Crippen molar-refractivity contribution in [2.75, 3.05) is 20.2 Å². The van der Waals surface area contributed by atoms with Crippen molar-refractivity contribution in [3.8, 4) is 5.75 Å². The fraction of sp³-hybridized carbons (Fsp3) is 0.333.